The second-order valence-electron chi connectivity index (χ2n) is 4.73. The maximum Gasteiger partial charge on any atom is 0.277 e. The van der Waals surface area contributed by atoms with Gasteiger partial charge in [-0.1, -0.05) is 23.9 Å². The summed E-state index contributed by atoms with van der Waals surface area (Å²) in [5.41, 5.74) is 0.926. The Labute approximate surface area is 140 Å². The van der Waals surface area contributed by atoms with Gasteiger partial charge in [0.05, 0.1) is 11.4 Å². The first-order valence-electron chi connectivity index (χ1n) is 6.92. The van der Waals surface area contributed by atoms with E-state index in [-0.39, 0.29) is 34.3 Å². The summed E-state index contributed by atoms with van der Waals surface area (Å²) in [5.74, 6) is -0.387. The molecular weight excluding hydrogens is 333 g/mol. The highest BCUT2D eigenvalue weighted by Crippen LogP contribution is 2.25. The van der Waals surface area contributed by atoms with Crippen molar-refractivity contribution >= 4 is 23.4 Å². The lowest BCUT2D eigenvalue weighted by molar-refractivity contribution is -0.113. The molecule has 1 amide bonds. The number of phenolic OH excluding ortho intramolecular Hbond substituents is 1. The fourth-order valence-electron chi connectivity index (χ4n) is 1.87. The summed E-state index contributed by atoms with van der Waals surface area (Å²) in [4.78, 5) is 11.9. The predicted molar refractivity (Wildman–Crippen MR) is 87.2 cm³/mol. The number of hydrogen-bond acceptors (Lipinski definition) is 6. The van der Waals surface area contributed by atoms with Gasteiger partial charge >= 0.3 is 0 Å². The van der Waals surface area contributed by atoms with E-state index in [1.807, 2.05) is 0 Å². The highest BCUT2D eigenvalue weighted by Gasteiger charge is 2.12. The number of aromatic hydroxyl groups is 1. The SMILES string of the molecule is O=C(CSc1nnc(-c2ccc(F)cc2)o1)Nc1ccccc1O. The molecule has 3 rings (SSSR count). The summed E-state index contributed by atoms with van der Waals surface area (Å²) in [5, 5.41) is 20.1. The lowest BCUT2D eigenvalue weighted by atomic mass is 10.2. The fourth-order valence-corrected chi connectivity index (χ4v) is 2.43. The van der Waals surface area contributed by atoms with Crippen molar-refractivity contribution in [3.8, 4) is 17.2 Å². The number of hydrogen-bond donors (Lipinski definition) is 2. The van der Waals surface area contributed by atoms with Gasteiger partial charge < -0.3 is 14.8 Å². The molecule has 6 nitrogen and oxygen atoms in total. The molecule has 2 aromatic carbocycles. The molecule has 8 heteroatoms. The van der Waals surface area contributed by atoms with E-state index in [0.29, 0.717) is 11.3 Å². The van der Waals surface area contributed by atoms with E-state index in [4.69, 9.17) is 4.42 Å². The third-order valence-electron chi connectivity index (χ3n) is 3.00. The number of phenols is 1. The number of nitrogens with one attached hydrogen (secondary N) is 1. The lowest BCUT2D eigenvalue weighted by Gasteiger charge is -2.05. The van der Waals surface area contributed by atoms with Crippen molar-refractivity contribution in [1.29, 1.82) is 0 Å². The average Bonchev–Trinajstić information content (AvgIpc) is 3.05. The molecule has 1 heterocycles. The Kier molecular flexibility index (Phi) is 4.76. The Morgan fingerprint density at radius 3 is 2.67 bits per heavy atom. The maximum absolute atomic E-state index is 12.9. The van der Waals surface area contributed by atoms with Crippen LogP contribution in [0, 0.1) is 5.82 Å². The zero-order valence-electron chi connectivity index (χ0n) is 12.3. The molecule has 0 atom stereocenters. The lowest BCUT2D eigenvalue weighted by Crippen LogP contribution is -2.14. The smallest absolute Gasteiger partial charge is 0.277 e. The number of carbonyl (C=O) groups excluding carboxylic acids is 1. The summed E-state index contributed by atoms with van der Waals surface area (Å²) in [6.45, 7) is 0. The first-order chi connectivity index (χ1) is 11.6. The minimum atomic E-state index is -0.353. The van der Waals surface area contributed by atoms with Crippen LogP contribution in [-0.2, 0) is 4.79 Å². The number of anilines is 1. The largest absolute Gasteiger partial charge is 0.506 e. The Balaban J connectivity index is 1.58. The zero-order chi connectivity index (χ0) is 16.9. The van der Waals surface area contributed by atoms with Gasteiger partial charge in [-0.2, -0.15) is 0 Å². The highest BCUT2D eigenvalue weighted by atomic mass is 32.2. The van der Waals surface area contributed by atoms with Crippen LogP contribution in [-0.4, -0.2) is 27.0 Å². The van der Waals surface area contributed by atoms with Crippen LogP contribution in [0.2, 0.25) is 0 Å². The van der Waals surface area contributed by atoms with Crippen molar-refractivity contribution in [3.63, 3.8) is 0 Å². The van der Waals surface area contributed by atoms with Crippen LogP contribution in [0.3, 0.4) is 0 Å². The molecule has 0 saturated carbocycles. The van der Waals surface area contributed by atoms with Gasteiger partial charge in [0.2, 0.25) is 11.8 Å². The highest BCUT2D eigenvalue weighted by molar-refractivity contribution is 7.99. The molecule has 0 fully saturated rings. The monoisotopic (exact) mass is 345 g/mol. The molecule has 122 valence electrons. The van der Waals surface area contributed by atoms with Crippen molar-refractivity contribution in [2.45, 2.75) is 5.22 Å². The average molecular weight is 345 g/mol. The molecule has 0 bridgehead atoms. The first kappa shape index (κ1) is 16.0. The number of aromatic nitrogens is 2. The molecule has 0 unspecified atom stereocenters. The first-order valence-corrected chi connectivity index (χ1v) is 7.90. The molecule has 3 aromatic rings. The van der Waals surface area contributed by atoms with Crippen molar-refractivity contribution in [2.75, 3.05) is 11.1 Å². The second-order valence-corrected chi connectivity index (χ2v) is 5.66. The van der Waals surface area contributed by atoms with E-state index in [0.717, 1.165) is 11.8 Å². The van der Waals surface area contributed by atoms with Gasteiger partial charge in [0.25, 0.3) is 5.22 Å². The number of halogens is 1. The number of rotatable bonds is 5. The minimum absolute atomic E-state index is 0.00719. The zero-order valence-corrected chi connectivity index (χ0v) is 13.1. The summed E-state index contributed by atoms with van der Waals surface area (Å²) in [7, 11) is 0. The molecule has 0 spiro atoms. The van der Waals surface area contributed by atoms with Crippen LogP contribution in [0.5, 0.6) is 5.75 Å². The molecule has 0 aliphatic heterocycles. The van der Waals surface area contributed by atoms with Crippen LogP contribution in [0.4, 0.5) is 10.1 Å². The number of benzene rings is 2. The van der Waals surface area contributed by atoms with E-state index < -0.39 is 0 Å². The van der Waals surface area contributed by atoms with Gasteiger partial charge in [0.1, 0.15) is 11.6 Å². The van der Waals surface area contributed by atoms with Gasteiger partial charge in [-0.15, -0.1) is 10.2 Å². The van der Waals surface area contributed by atoms with Gasteiger partial charge in [-0.05, 0) is 36.4 Å². The van der Waals surface area contributed by atoms with E-state index in [1.54, 1.807) is 18.2 Å². The molecule has 24 heavy (non-hydrogen) atoms. The number of thioether (sulfide) groups is 1. The van der Waals surface area contributed by atoms with Crippen LogP contribution >= 0.6 is 11.8 Å². The summed E-state index contributed by atoms with van der Waals surface area (Å²) in [6, 6.07) is 12.1. The quantitative estimate of drug-likeness (QED) is 0.545. The predicted octanol–water partition coefficient (Wildman–Crippen LogP) is 3.31. The van der Waals surface area contributed by atoms with E-state index in [2.05, 4.69) is 15.5 Å². The molecular formula is C16H12FN3O3S. The standard InChI is InChI=1S/C16H12FN3O3S/c17-11-7-5-10(6-8-11)15-19-20-16(23-15)24-9-14(22)18-12-3-1-2-4-13(12)21/h1-8,21H,9H2,(H,18,22). The molecule has 0 radical (unpaired) electrons. The third-order valence-corrected chi connectivity index (χ3v) is 3.82. The molecule has 2 N–H and O–H groups in total. The topological polar surface area (TPSA) is 88.2 Å². The van der Waals surface area contributed by atoms with Crippen molar-refractivity contribution in [1.82, 2.24) is 10.2 Å². The summed E-state index contributed by atoms with van der Waals surface area (Å²) in [6.07, 6.45) is 0. The summed E-state index contributed by atoms with van der Waals surface area (Å²) >= 11 is 1.06. The maximum atomic E-state index is 12.9. The number of amides is 1. The van der Waals surface area contributed by atoms with Gasteiger partial charge in [-0.3, -0.25) is 4.79 Å². The van der Waals surface area contributed by atoms with E-state index in [9.17, 15) is 14.3 Å². The van der Waals surface area contributed by atoms with Crippen LogP contribution in [0.1, 0.15) is 0 Å². The Hall–Kier alpha value is -2.87. The molecule has 0 aliphatic carbocycles. The number of carbonyl (C=O) groups is 1. The van der Waals surface area contributed by atoms with Crippen LogP contribution < -0.4 is 5.32 Å². The minimum Gasteiger partial charge on any atom is -0.506 e. The van der Waals surface area contributed by atoms with E-state index in [1.165, 1.54) is 30.3 Å². The van der Waals surface area contributed by atoms with E-state index >= 15 is 0 Å². The normalized spacial score (nSPS) is 10.5. The molecule has 0 aliphatic rings. The van der Waals surface area contributed by atoms with Crippen molar-refractivity contribution < 1.29 is 18.7 Å². The Morgan fingerprint density at radius 2 is 1.92 bits per heavy atom. The van der Waals surface area contributed by atoms with Crippen LogP contribution in [0.25, 0.3) is 11.5 Å². The number of nitrogens with zero attached hydrogens (tertiary/aromatic N) is 2. The second kappa shape index (κ2) is 7.14. The van der Waals surface area contributed by atoms with Gasteiger partial charge in [-0.25, -0.2) is 4.39 Å². The third kappa shape index (κ3) is 3.90. The van der Waals surface area contributed by atoms with Gasteiger partial charge in [0, 0.05) is 5.56 Å². The summed E-state index contributed by atoms with van der Waals surface area (Å²) < 4.78 is 18.3. The van der Waals surface area contributed by atoms with Crippen LogP contribution in [0.15, 0.2) is 58.2 Å². The Morgan fingerprint density at radius 1 is 1.17 bits per heavy atom. The van der Waals surface area contributed by atoms with Gasteiger partial charge in [0.15, 0.2) is 0 Å². The molecule has 1 aromatic heterocycles. The van der Waals surface area contributed by atoms with Crippen molar-refractivity contribution in [3.05, 3.63) is 54.3 Å². The number of para-hydroxylation sites is 2. The molecule has 0 saturated heterocycles. The Bertz CT molecular complexity index is 852. The fraction of sp³-hybridized carbons (Fsp3) is 0.0625. The van der Waals surface area contributed by atoms with Crippen molar-refractivity contribution in [2.24, 2.45) is 0 Å².